The topological polar surface area (TPSA) is 39.7 Å². The van der Waals surface area contributed by atoms with Crippen LogP contribution in [0.2, 0.25) is 0 Å². The Hall–Kier alpha value is -1.10. The lowest BCUT2D eigenvalue weighted by Gasteiger charge is -2.18. The van der Waals surface area contributed by atoms with Crippen molar-refractivity contribution >= 4 is 0 Å². The molecule has 114 valence electrons. The molecule has 4 nitrogen and oxygen atoms in total. The third kappa shape index (κ3) is 6.89. The van der Waals surface area contributed by atoms with E-state index in [0.717, 1.165) is 44.9 Å². The third-order valence-electron chi connectivity index (χ3n) is 3.30. The van der Waals surface area contributed by atoms with Gasteiger partial charge in [0.25, 0.3) is 0 Å². The Labute approximate surface area is 122 Å². The summed E-state index contributed by atoms with van der Waals surface area (Å²) in [6.45, 7) is 3.40. The molecule has 1 rings (SSSR count). The van der Waals surface area contributed by atoms with Gasteiger partial charge in [-0.2, -0.15) is 0 Å². The van der Waals surface area contributed by atoms with Crippen molar-refractivity contribution in [3.05, 3.63) is 29.8 Å². The van der Waals surface area contributed by atoms with Gasteiger partial charge in [-0.3, -0.25) is 0 Å². The van der Waals surface area contributed by atoms with Crippen LogP contribution in [0.25, 0.3) is 0 Å². The molecule has 0 saturated carbocycles. The fourth-order valence-electron chi connectivity index (χ4n) is 2.17. The lowest BCUT2D eigenvalue weighted by molar-refractivity contribution is 0.172. The van der Waals surface area contributed by atoms with Gasteiger partial charge < -0.3 is 19.5 Å². The molecule has 0 spiro atoms. The van der Waals surface area contributed by atoms with Gasteiger partial charge in [-0.25, -0.2) is 0 Å². The Morgan fingerprint density at radius 2 is 1.90 bits per heavy atom. The SMILES string of the molecule is COCCNCC(CCOC)Cc1cccc(OC)c1. The van der Waals surface area contributed by atoms with Gasteiger partial charge in [-0.05, 0) is 43.0 Å². The van der Waals surface area contributed by atoms with E-state index in [-0.39, 0.29) is 0 Å². The summed E-state index contributed by atoms with van der Waals surface area (Å²) >= 11 is 0. The van der Waals surface area contributed by atoms with Crippen molar-refractivity contribution in [3.63, 3.8) is 0 Å². The molecule has 0 radical (unpaired) electrons. The largest absolute Gasteiger partial charge is 0.497 e. The van der Waals surface area contributed by atoms with E-state index >= 15 is 0 Å². The molecule has 0 heterocycles. The second-order valence-electron chi connectivity index (χ2n) is 4.90. The minimum Gasteiger partial charge on any atom is -0.497 e. The molecule has 1 unspecified atom stereocenters. The van der Waals surface area contributed by atoms with E-state index in [1.54, 1.807) is 21.3 Å². The fraction of sp³-hybridized carbons (Fsp3) is 0.625. The van der Waals surface area contributed by atoms with Crippen molar-refractivity contribution in [2.45, 2.75) is 12.8 Å². The summed E-state index contributed by atoms with van der Waals surface area (Å²) in [6.07, 6.45) is 2.08. The van der Waals surface area contributed by atoms with Crippen LogP contribution >= 0.6 is 0 Å². The van der Waals surface area contributed by atoms with Crippen LogP contribution in [0.4, 0.5) is 0 Å². The zero-order valence-electron chi connectivity index (χ0n) is 12.9. The van der Waals surface area contributed by atoms with E-state index in [0.29, 0.717) is 5.92 Å². The highest BCUT2D eigenvalue weighted by molar-refractivity contribution is 5.28. The smallest absolute Gasteiger partial charge is 0.119 e. The number of ether oxygens (including phenoxy) is 3. The Kier molecular flexibility index (Phi) is 9.04. The highest BCUT2D eigenvalue weighted by atomic mass is 16.5. The van der Waals surface area contributed by atoms with Crippen LogP contribution in [0.5, 0.6) is 5.75 Å². The molecule has 0 bridgehead atoms. The van der Waals surface area contributed by atoms with Crippen molar-refractivity contribution in [2.75, 3.05) is 47.6 Å². The Balaban J connectivity index is 2.48. The minimum absolute atomic E-state index is 0.555. The van der Waals surface area contributed by atoms with Crippen molar-refractivity contribution in [1.82, 2.24) is 5.32 Å². The van der Waals surface area contributed by atoms with Gasteiger partial charge in [-0.1, -0.05) is 12.1 Å². The van der Waals surface area contributed by atoms with Gasteiger partial charge in [0.15, 0.2) is 0 Å². The standard InChI is InChI=1S/C16H27NO3/c1-18-9-7-15(13-17-8-10-19-2)11-14-5-4-6-16(12-14)20-3/h4-6,12,15,17H,7-11,13H2,1-3H3. The highest BCUT2D eigenvalue weighted by Gasteiger charge is 2.10. The third-order valence-corrected chi connectivity index (χ3v) is 3.30. The zero-order valence-corrected chi connectivity index (χ0v) is 12.9. The number of rotatable bonds is 11. The first-order valence-corrected chi connectivity index (χ1v) is 7.11. The molecule has 1 N–H and O–H groups in total. The van der Waals surface area contributed by atoms with E-state index in [1.807, 2.05) is 12.1 Å². The molecule has 0 aromatic heterocycles. The van der Waals surface area contributed by atoms with Crippen LogP contribution in [0, 0.1) is 5.92 Å². The van der Waals surface area contributed by atoms with Crippen LogP contribution in [0.1, 0.15) is 12.0 Å². The van der Waals surface area contributed by atoms with Gasteiger partial charge in [0, 0.05) is 27.4 Å². The Morgan fingerprint density at radius 3 is 2.60 bits per heavy atom. The summed E-state index contributed by atoms with van der Waals surface area (Å²) in [5.41, 5.74) is 1.30. The van der Waals surface area contributed by atoms with E-state index in [4.69, 9.17) is 14.2 Å². The van der Waals surface area contributed by atoms with E-state index < -0.39 is 0 Å². The summed E-state index contributed by atoms with van der Waals surface area (Å²) in [6, 6.07) is 8.27. The zero-order chi connectivity index (χ0) is 14.6. The lowest BCUT2D eigenvalue weighted by atomic mass is 9.96. The van der Waals surface area contributed by atoms with E-state index in [2.05, 4.69) is 17.4 Å². The normalized spacial score (nSPS) is 12.3. The number of hydrogen-bond acceptors (Lipinski definition) is 4. The van der Waals surface area contributed by atoms with Crippen LogP contribution in [-0.2, 0) is 15.9 Å². The van der Waals surface area contributed by atoms with Crippen LogP contribution < -0.4 is 10.1 Å². The second kappa shape index (κ2) is 10.7. The summed E-state index contributed by atoms with van der Waals surface area (Å²) in [5.74, 6) is 1.47. The van der Waals surface area contributed by atoms with Gasteiger partial charge >= 0.3 is 0 Å². The molecular formula is C16H27NO3. The maximum Gasteiger partial charge on any atom is 0.119 e. The molecule has 1 aromatic carbocycles. The summed E-state index contributed by atoms with van der Waals surface area (Å²) in [5, 5.41) is 3.43. The van der Waals surface area contributed by atoms with Crippen LogP contribution in [0.15, 0.2) is 24.3 Å². The quantitative estimate of drug-likeness (QED) is 0.631. The van der Waals surface area contributed by atoms with Crippen molar-refractivity contribution < 1.29 is 14.2 Å². The molecule has 0 aliphatic heterocycles. The van der Waals surface area contributed by atoms with E-state index in [9.17, 15) is 0 Å². The molecule has 20 heavy (non-hydrogen) atoms. The predicted octanol–water partition coefficient (Wildman–Crippen LogP) is 2.13. The Morgan fingerprint density at radius 1 is 1.10 bits per heavy atom. The molecule has 0 saturated heterocycles. The van der Waals surface area contributed by atoms with Gasteiger partial charge in [-0.15, -0.1) is 0 Å². The fourth-order valence-corrected chi connectivity index (χ4v) is 2.17. The van der Waals surface area contributed by atoms with Crippen LogP contribution in [-0.4, -0.2) is 47.6 Å². The van der Waals surface area contributed by atoms with Gasteiger partial charge in [0.1, 0.15) is 5.75 Å². The van der Waals surface area contributed by atoms with E-state index in [1.165, 1.54) is 5.56 Å². The molecule has 1 atom stereocenters. The molecular weight excluding hydrogens is 254 g/mol. The molecule has 0 fully saturated rings. The highest BCUT2D eigenvalue weighted by Crippen LogP contribution is 2.17. The maximum atomic E-state index is 5.27. The first-order chi connectivity index (χ1) is 9.80. The molecule has 4 heteroatoms. The first-order valence-electron chi connectivity index (χ1n) is 7.11. The van der Waals surface area contributed by atoms with Gasteiger partial charge in [0.2, 0.25) is 0 Å². The Bertz CT molecular complexity index is 357. The number of benzene rings is 1. The first kappa shape index (κ1) is 17.0. The van der Waals surface area contributed by atoms with Crippen molar-refractivity contribution in [1.29, 1.82) is 0 Å². The van der Waals surface area contributed by atoms with Gasteiger partial charge in [0.05, 0.1) is 13.7 Å². The molecule has 0 amide bonds. The molecule has 0 aliphatic rings. The number of nitrogens with one attached hydrogen (secondary N) is 1. The molecule has 1 aromatic rings. The second-order valence-corrected chi connectivity index (χ2v) is 4.90. The predicted molar refractivity (Wildman–Crippen MR) is 81.4 cm³/mol. The minimum atomic E-state index is 0.555. The summed E-state index contributed by atoms with van der Waals surface area (Å²) in [7, 11) is 5.18. The molecule has 0 aliphatic carbocycles. The van der Waals surface area contributed by atoms with Crippen LogP contribution in [0.3, 0.4) is 0 Å². The van der Waals surface area contributed by atoms with Crippen molar-refractivity contribution in [3.8, 4) is 5.75 Å². The van der Waals surface area contributed by atoms with Crippen molar-refractivity contribution in [2.24, 2.45) is 5.92 Å². The number of hydrogen-bond donors (Lipinski definition) is 1. The average Bonchev–Trinajstić information content (AvgIpc) is 2.49. The average molecular weight is 281 g/mol. The number of methoxy groups -OCH3 is 3. The summed E-state index contributed by atoms with van der Waals surface area (Å²) in [4.78, 5) is 0. The lowest BCUT2D eigenvalue weighted by Crippen LogP contribution is -2.28. The monoisotopic (exact) mass is 281 g/mol. The maximum absolute atomic E-state index is 5.27. The summed E-state index contributed by atoms with van der Waals surface area (Å²) < 4.78 is 15.5.